The first-order valence-corrected chi connectivity index (χ1v) is 5.49. The zero-order valence-electron chi connectivity index (χ0n) is 9.90. The Morgan fingerprint density at radius 1 is 1.35 bits per heavy atom. The van der Waals surface area contributed by atoms with E-state index in [0.717, 1.165) is 0 Å². The molecule has 0 bridgehead atoms. The van der Waals surface area contributed by atoms with Crippen molar-refractivity contribution in [3.8, 4) is 0 Å². The number of benzene rings is 1. The zero-order valence-corrected chi connectivity index (χ0v) is 9.90. The first kappa shape index (κ1) is 13.4. The van der Waals surface area contributed by atoms with Crippen molar-refractivity contribution in [2.75, 3.05) is 6.61 Å². The number of ether oxygens (including phenoxy) is 1. The van der Waals surface area contributed by atoms with Crippen LogP contribution in [0.25, 0.3) is 0 Å². The highest BCUT2D eigenvalue weighted by atomic mass is 19.1. The molecule has 0 amide bonds. The summed E-state index contributed by atoms with van der Waals surface area (Å²) in [5, 5.41) is 0. The Hall–Kier alpha value is -1.71. The van der Waals surface area contributed by atoms with Gasteiger partial charge in [0.1, 0.15) is 11.7 Å². The van der Waals surface area contributed by atoms with Crippen LogP contribution < -0.4 is 0 Å². The molecule has 0 radical (unpaired) electrons. The maximum atomic E-state index is 13.3. The summed E-state index contributed by atoms with van der Waals surface area (Å²) >= 11 is 0. The van der Waals surface area contributed by atoms with E-state index in [4.69, 9.17) is 4.74 Å². The molecule has 0 aliphatic carbocycles. The van der Waals surface area contributed by atoms with Crippen LogP contribution >= 0.6 is 0 Å². The Morgan fingerprint density at radius 2 is 2.00 bits per heavy atom. The first-order valence-electron chi connectivity index (χ1n) is 5.49. The summed E-state index contributed by atoms with van der Waals surface area (Å²) < 4.78 is 18.0. The van der Waals surface area contributed by atoms with Crippen LogP contribution in [0.5, 0.6) is 0 Å². The van der Waals surface area contributed by atoms with Crippen LogP contribution in [0.15, 0.2) is 24.3 Å². The van der Waals surface area contributed by atoms with E-state index < -0.39 is 17.7 Å². The fraction of sp³-hybridized carbons (Fsp3) is 0.385. The van der Waals surface area contributed by atoms with Crippen molar-refractivity contribution in [2.45, 2.75) is 20.3 Å². The standard InChI is InChI=1S/C13H15FO3/c1-3-17-13(16)9(2)12(15)8-10-6-4-5-7-11(10)14/h4-7,9H,3,8H2,1-2H3/t9-/m1/s1. The summed E-state index contributed by atoms with van der Waals surface area (Å²) in [6, 6.07) is 6.03. The highest BCUT2D eigenvalue weighted by molar-refractivity contribution is 5.99. The minimum atomic E-state index is -0.852. The monoisotopic (exact) mass is 238 g/mol. The Balaban J connectivity index is 2.67. The second-order valence-electron chi connectivity index (χ2n) is 3.71. The van der Waals surface area contributed by atoms with Gasteiger partial charge >= 0.3 is 5.97 Å². The fourth-order valence-electron chi connectivity index (χ4n) is 1.38. The van der Waals surface area contributed by atoms with Crippen molar-refractivity contribution in [3.63, 3.8) is 0 Å². The average molecular weight is 238 g/mol. The van der Waals surface area contributed by atoms with E-state index in [1.165, 1.54) is 19.1 Å². The van der Waals surface area contributed by atoms with Crippen LogP contribution in [0.3, 0.4) is 0 Å². The average Bonchev–Trinajstić information content (AvgIpc) is 2.31. The smallest absolute Gasteiger partial charge is 0.316 e. The topological polar surface area (TPSA) is 43.4 Å². The van der Waals surface area contributed by atoms with Gasteiger partial charge in [-0.15, -0.1) is 0 Å². The second kappa shape index (κ2) is 6.13. The molecule has 17 heavy (non-hydrogen) atoms. The van der Waals surface area contributed by atoms with Crippen molar-refractivity contribution in [3.05, 3.63) is 35.6 Å². The normalized spacial score (nSPS) is 11.9. The van der Waals surface area contributed by atoms with Gasteiger partial charge in [-0.2, -0.15) is 0 Å². The molecule has 0 unspecified atom stereocenters. The van der Waals surface area contributed by atoms with Gasteiger partial charge in [0.05, 0.1) is 6.61 Å². The number of hydrogen-bond donors (Lipinski definition) is 0. The highest BCUT2D eigenvalue weighted by Gasteiger charge is 2.23. The molecule has 0 fully saturated rings. The molecule has 0 spiro atoms. The summed E-state index contributed by atoms with van der Waals surface area (Å²) in [5.41, 5.74) is 0.300. The zero-order chi connectivity index (χ0) is 12.8. The predicted octanol–water partition coefficient (Wildman–Crippen LogP) is 2.14. The Bertz CT molecular complexity index is 415. The molecule has 0 aliphatic heterocycles. The van der Waals surface area contributed by atoms with Crippen LogP contribution in [0, 0.1) is 11.7 Å². The summed E-state index contributed by atoms with van der Waals surface area (Å²) in [5.74, 6) is -2.19. The summed E-state index contributed by atoms with van der Waals surface area (Å²) in [6.07, 6.45) is -0.0906. The number of carbonyl (C=O) groups is 2. The molecule has 3 nitrogen and oxygen atoms in total. The van der Waals surface area contributed by atoms with Crippen molar-refractivity contribution < 1.29 is 18.7 Å². The molecule has 1 atom stereocenters. The van der Waals surface area contributed by atoms with Gasteiger partial charge in [0.15, 0.2) is 5.78 Å². The van der Waals surface area contributed by atoms with Crippen molar-refractivity contribution in [2.24, 2.45) is 5.92 Å². The molecule has 1 aromatic rings. The molecule has 0 aromatic heterocycles. The van der Waals surface area contributed by atoms with Gasteiger partial charge in [0.25, 0.3) is 0 Å². The third-order valence-electron chi connectivity index (χ3n) is 2.45. The largest absolute Gasteiger partial charge is 0.465 e. The van der Waals surface area contributed by atoms with E-state index in [9.17, 15) is 14.0 Å². The van der Waals surface area contributed by atoms with Gasteiger partial charge in [0, 0.05) is 6.42 Å². The molecule has 0 saturated heterocycles. The lowest BCUT2D eigenvalue weighted by atomic mass is 9.99. The number of Topliss-reactive ketones (excluding diaryl/α,β-unsaturated/α-hetero) is 1. The molecule has 1 rings (SSSR count). The summed E-state index contributed by atoms with van der Waals surface area (Å²) in [4.78, 5) is 23.0. The van der Waals surface area contributed by atoms with Crippen LogP contribution in [-0.2, 0) is 20.7 Å². The van der Waals surface area contributed by atoms with Crippen molar-refractivity contribution >= 4 is 11.8 Å². The van der Waals surface area contributed by atoms with E-state index in [1.807, 2.05) is 0 Å². The van der Waals surface area contributed by atoms with Crippen LogP contribution in [-0.4, -0.2) is 18.4 Å². The number of hydrogen-bond acceptors (Lipinski definition) is 3. The van der Waals surface area contributed by atoms with Crippen molar-refractivity contribution in [1.29, 1.82) is 0 Å². The highest BCUT2D eigenvalue weighted by Crippen LogP contribution is 2.11. The predicted molar refractivity (Wildman–Crippen MR) is 60.9 cm³/mol. The molecule has 0 N–H and O–H groups in total. The number of carbonyl (C=O) groups excluding carboxylic acids is 2. The SMILES string of the molecule is CCOC(=O)[C@H](C)C(=O)Cc1ccccc1F. The second-order valence-corrected chi connectivity index (χ2v) is 3.71. The quantitative estimate of drug-likeness (QED) is 0.583. The van der Waals surface area contributed by atoms with E-state index in [2.05, 4.69) is 0 Å². The third kappa shape index (κ3) is 3.66. The van der Waals surface area contributed by atoms with Crippen LogP contribution in [0.2, 0.25) is 0 Å². The Morgan fingerprint density at radius 3 is 2.59 bits per heavy atom. The molecule has 1 aromatic carbocycles. The Kier molecular flexibility index (Phi) is 4.82. The van der Waals surface area contributed by atoms with Gasteiger partial charge in [-0.05, 0) is 25.5 Å². The van der Waals surface area contributed by atoms with Crippen LogP contribution in [0.4, 0.5) is 4.39 Å². The van der Waals surface area contributed by atoms with E-state index >= 15 is 0 Å². The fourth-order valence-corrected chi connectivity index (χ4v) is 1.38. The number of esters is 1. The van der Waals surface area contributed by atoms with Crippen LogP contribution in [0.1, 0.15) is 19.4 Å². The number of ketones is 1. The minimum absolute atomic E-state index is 0.0906. The molecule has 0 heterocycles. The minimum Gasteiger partial charge on any atom is -0.465 e. The molecule has 0 aliphatic rings. The Labute approximate surface area is 99.6 Å². The van der Waals surface area contributed by atoms with Gasteiger partial charge in [0.2, 0.25) is 0 Å². The van der Waals surface area contributed by atoms with Gasteiger partial charge in [-0.1, -0.05) is 18.2 Å². The lowest BCUT2D eigenvalue weighted by molar-refractivity contribution is -0.150. The van der Waals surface area contributed by atoms with E-state index in [-0.39, 0.29) is 18.8 Å². The van der Waals surface area contributed by atoms with Gasteiger partial charge in [-0.3, -0.25) is 9.59 Å². The number of halogens is 1. The maximum absolute atomic E-state index is 13.3. The molecular formula is C13H15FO3. The molecule has 92 valence electrons. The lowest BCUT2D eigenvalue weighted by Crippen LogP contribution is -2.25. The molecular weight excluding hydrogens is 223 g/mol. The van der Waals surface area contributed by atoms with E-state index in [1.54, 1.807) is 19.1 Å². The van der Waals surface area contributed by atoms with E-state index in [0.29, 0.717) is 5.56 Å². The molecule has 0 saturated carbocycles. The molecule has 4 heteroatoms. The number of rotatable bonds is 5. The lowest BCUT2D eigenvalue weighted by Gasteiger charge is -2.09. The maximum Gasteiger partial charge on any atom is 0.316 e. The third-order valence-corrected chi connectivity index (χ3v) is 2.45. The first-order chi connectivity index (χ1) is 8.06. The summed E-state index contributed by atoms with van der Waals surface area (Å²) in [7, 11) is 0. The van der Waals surface area contributed by atoms with Gasteiger partial charge in [-0.25, -0.2) is 4.39 Å². The summed E-state index contributed by atoms with van der Waals surface area (Å²) in [6.45, 7) is 3.38. The van der Waals surface area contributed by atoms with Crippen molar-refractivity contribution in [1.82, 2.24) is 0 Å². The van der Waals surface area contributed by atoms with Gasteiger partial charge < -0.3 is 4.74 Å².